The Kier molecular flexibility index (Phi) is 5.44. The molecule has 2 amide bonds. The Balaban J connectivity index is 1.87. The van der Waals surface area contributed by atoms with Crippen molar-refractivity contribution < 1.29 is 17.6 Å². The largest absolute Gasteiger partial charge is 0.339 e. The van der Waals surface area contributed by atoms with Gasteiger partial charge in [-0.1, -0.05) is 71.7 Å². The fourth-order valence-corrected chi connectivity index (χ4v) is 5.65. The molecule has 4 rings (SSSR count). The van der Waals surface area contributed by atoms with Gasteiger partial charge in [0.25, 0.3) is 10.0 Å². The maximum atomic E-state index is 14.2. The second-order valence-electron chi connectivity index (χ2n) is 6.69. The van der Waals surface area contributed by atoms with Crippen LogP contribution in [-0.4, -0.2) is 18.8 Å². The van der Waals surface area contributed by atoms with Gasteiger partial charge in [-0.2, -0.15) is 0 Å². The minimum absolute atomic E-state index is 0.0719. The summed E-state index contributed by atoms with van der Waals surface area (Å²) in [6.45, 7) is -0.371. The number of nitrogens with zero attached hydrogens (tertiary/aromatic N) is 2. The van der Waals surface area contributed by atoms with Crippen molar-refractivity contribution in [3.05, 3.63) is 93.7 Å². The first-order valence-electron chi connectivity index (χ1n) is 8.89. The molecule has 1 aliphatic heterocycles. The van der Waals surface area contributed by atoms with Crippen molar-refractivity contribution in [1.29, 1.82) is 0 Å². The number of hydrogen-bond acceptors (Lipinski definition) is 3. The molecule has 0 bridgehead atoms. The molecule has 0 radical (unpaired) electrons. The third-order valence-electron chi connectivity index (χ3n) is 4.73. The van der Waals surface area contributed by atoms with Crippen molar-refractivity contribution in [1.82, 2.24) is 4.31 Å². The summed E-state index contributed by atoms with van der Waals surface area (Å²) in [5.74, 6) is -0.608. The standard InChI is InChI=1S/C21H15Cl2FN2O3S/c22-16-10-17(23)20-19(11-16)25(12-14-6-2-1-3-7-14)21(27)26(30(20,28)29)13-15-8-4-5-9-18(15)24/h1-11H,12-13H2. The van der Waals surface area contributed by atoms with Gasteiger partial charge in [0, 0.05) is 10.6 Å². The second-order valence-corrected chi connectivity index (χ2v) is 9.34. The van der Waals surface area contributed by atoms with Gasteiger partial charge in [0.2, 0.25) is 0 Å². The number of sulfonamides is 1. The van der Waals surface area contributed by atoms with Gasteiger partial charge in [0.1, 0.15) is 10.7 Å². The van der Waals surface area contributed by atoms with Crippen molar-refractivity contribution in [3.63, 3.8) is 0 Å². The fourth-order valence-electron chi connectivity index (χ4n) is 3.31. The molecule has 154 valence electrons. The number of fused-ring (bicyclic) bond motifs is 1. The van der Waals surface area contributed by atoms with Crippen molar-refractivity contribution in [2.75, 3.05) is 4.90 Å². The molecule has 0 saturated heterocycles. The highest BCUT2D eigenvalue weighted by molar-refractivity contribution is 7.90. The molecule has 5 nitrogen and oxygen atoms in total. The van der Waals surface area contributed by atoms with Crippen molar-refractivity contribution in [2.24, 2.45) is 0 Å². The van der Waals surface area contributed by atoms with Gasteiger partial charge in [-0.25, -0.2) is 21.9 Å². The third-order valence-corrected chi connectivity index (χ3v) is 7.17. The Morgan fingerprint density at radius 1 is 0.900 bits per heavy atom. The summed E-state index contributed by atoms with van der Waals surface area (Å²) in [5, 5.41) is 0.0870. The normalized spacial score (nSPS) is 15.2. The molecule has 0 aromatic heterocycles. The van der Waals surface area contributed by atoms with E-state index < -0.39 is 28.4 Å². The van der Waals surface area contributed by atoms with Gasteiger partial charge >= 0.3 is 6.03 Å². The predicted molar refractivity (Wildman–Crippen MR) is 114 cm³/mol. The van der Waals surface area contributed by atoms with E-state index in [2.05, 4.69) is 0 Å². The summed E-state index contributed by atoms with van der Waals surface area (Å²) in [6, 6.07) is 16.6. The molecule has 3 aromatic rings. The molecule has 1 heterocycles. The summed E-state index contributed by atoms with van der Waals surface area (Å²) in [4.78, 5) is 14.4. The SMILES string of the molecule is O=C1N(Cc2ccccc2)c2cc(Cl)cc(Cl)c2S(=O)(=O)N1Cc1ccccc1F. The summed E-state index contributed by atoms with van der Waals surface area (Å²) in [7, 11) is -4.33. The van der Waals surface area contributed by atoms with Crippen LogP contribution in [0.3, 0.4) is 0 Å². The molecular weight excluding hydrogens is 450 g/mol. The molecule has 3 aromatic carbocycles. The van der Waals surface area contributed by atoms with E-state index in [1.165, 1.54) is 35.2 Å². The number of hydrogen-bond donors (Lipinski definition) is 0. The number of urea groups is 1. The zero-order chi connectivity index (χ0) is 21.5. The number of halogens is 3. The quantitative estimate of drug-likeness (QED) is 0.514. The highest BCUT2D eigenvalue weighted by Crippen LogP contribution is 2.42. The van der Waals surface area contributed by atoms with Crippen LogP contribution in [0.1, 0.15) is 11.1 Å². The van der Waals surface area contributed by atoms with Crippen LogP contribution in [0.5, 0.6) is 0 Å². The molecule has 30 heavy (non-hydrogen) atoms. The zero-order valence-electron chi connectivity index (χ0n) is 15.4. The Labute approximate surface area is 183 Å². The first-order chi connectivity index (χ1) is 14.3. The van der Waals surface area contributed by atoms with E-state index in [0.717, 1.165) is 5.56 Å². The van der Waals surface area contributed by atoms with Crippen molar-refractivity contribution >= 4 is 44.9 Å². The number of carbonyl (C=O) groups is 1. The number of carbonyl (C=O) groups excluding carboxylic acids is 1. The molecule has 0 atom stereocenters. The summed E-state index contributed by atoms with van der Waals surface area (Å²) in [5.41, 5.74) is 0.937. The monoisotopic (exact) mass is 464 g/mol. The van der Waals surface area contributed by atoms with Gasteiger partial charge in [-0.3, -0.25) is 4.90 Å². The molecule has 0 aliphatic carbocycles. The van der Waals surface area contributed by atoms with Gasteiger partial charge < -0.3 is 0 Å². The van der Waals surface area contributed by atoms with E-state index in [1.807, 2.05) is 30.3 Å². The highest BCUT2D eigenvalue weighted by atomic mass is 35.5. The smallest absolute Gasteiger partial charge is 0.288 e. The van der Waals surface area contributed by atoms with E-state index in [4.69, 9.17) is 23.2 Å². The first kappa shape index (κ1) is 20.7. The van der Waals surface area contributed by atoms with Crippen molar-refractivity contribution in [3.8, 4) is 0 Å². The number of benzene rings is 3. The van der Waals surface area contributed by atoms with E-state index in [-0.39, 0.29) is 32.7 Å². The predicted octanol–water partition coefficient (Wildman–Crippen LogP) is 5.46. The minimum Gasteiger partial charge on any atom is -0.288 e. The molecular formula is C21H15Cl2FN2O3S. The number of anilines is 1. The maximum Gasteiger partial charge on any atom is 0.339 e. The number of rotatable bonds is 4. The van der Waals surface area contributed by atoms with Crippen LogP contribution in [0.4, 0.5) is 14.9 Å². The van der Waals surface area contributed by atoms with Crippen LogP contribution in [0, 0.1) is 5.82 Å². The lowest BCUT2D eigenvalue weighted by Gasteiger charge is -2.37. The van der Waals surface area contributed by atoms with E-state index in [0.29, 0.717) is 4.31 Å². The average Bonchev–Trinajstić information content (AvgIpc) is 2.70. The van der Waals surface area contributed by atoms with Gasteiger partial charge in [0.05, 0.1) is 23.8 Å². The van der Waals surface area contributed by atoms with Crippen LogP contribution < -0.4 is 4.90 Å². The van der Waals surface area contributed by atoms with Crippen LogP contribution in [0.25, 0.3) is 0 Å². The van der Waals surface area contributed by atoms with Crippen LogP contribution in [0.2, 0.25) is 10.0 Å². The molecule has 0 spiro atoms. The fraction of sp³-hybridized carbons (Fsp3) is 0.0952. The molecule has 0 saturated carbocycles. The summed E-state index contributed by atoms with van der Waals surface area (Å²) >= 11 is 12.3. The zero-order valence-corrected chi connectivity index (χ0v) is 17.8. The van der Waals surface area contributed by atoms with Crippen LogP contribution >= 0.6 is 23.2 Å². The topological polar surface area (TPSA) is 57.7 Å². The Morgan fingerprint density at radius 3 is 2.27 bits per heavy atom. The van der Waals surface area contributed by atoms with E-state index >= 15 is 0 Å². The molecule has 0 fully saturated rings. The summed E-state index contributed by atoms with van der Waals surface area (Å²) < 4.78 is 41.4. The Morgan fingerprint density at radius 2 is 1.57 bits per heavy atom. The van der Waals surface area contributed by atoms with Crippen LogP contribution in [-0.2, 0) is 23.1 Å². The van der Waals surface area contributed by atoms with E-state index in [9.17, 15) is 17.6 Å². The Hall–Kier alpha value is -2.61. The van der Waals surface area contributed by atoms with Crippen molar-refractivity contribution in [2.45, 2.75) is 18.0 Å². The lowest BCUT2D eigenvalue weighted by Crippen LogP contribution is -2.50. The molecule has 0 N–H and O–H groups in total. The molecule has 9 heteroatoms. The highest BCUT2D eigenvalue weighted by Gasteiger charge is 2.43. The maximum absolute atomic E-state index is 14.2. The molecule has 0 unspecified atom stereocenters. The molecule has 1 aliphatic rings. The Bertz CT molecular complexity index is 1240. The lowest BCUT2D eigenvalue weighted by molar-refractivity contribution is 0.226. The second kappa shape index (κ2) is 7.91. The first-order valence-corrected chi connectivity index (χ1v) is 11.1. The van der Waals surface area contributed by atoms with Crippen LogP contribution in [0.15, 0.2) is 71.6 Å². The van der Waals surface area contributed by atoms with Gasteiger partial charge in [-0.15, -0.1) is 0 Å². The summed E-state index contributed by atoms with van der Waals surface area (Å²) in [6.07, 6.45) is 0. The minimum atomic E-state index is -4.33. The lowest BCUT2D eigenvalue weighted by atomic mass is 10.2. The van der Waals surface area contributed by atoms with Gasteiger partial charge in [0.15, 0.2) is 0 Å². The third kappa shape index (κ3) is 3.64. The van der Waals surface area contributed by atoms with E-state index in [1.54, 1.807) is 6.07 Å². The van der Waals surface area contributed by atoms with Gasteiger partial charge in [-0.05, 0) is 23.8 Å². The number of amides is 2. The average molecular weight is 465 g/mol.